The van der Waals surface area contributed by atoms with Gasteiger partial charge in [0, 0.05) is 23.6 Å². The Morgan fingerprint density at radius 2 is 2.10 bits per heavy atom. The molecule has 4 nitrogen and oxygen atoms in total. The Morgan fingerprint density at radius 3 is 2.76 bits per heavy atom. The zero-order valence-corrected chi connectivity index (χ0v) is 12.9. The van der Waals surface area contributed by atoms with Crippen LogP contribution in [0.3, 0.4) is 0 Å². The second-order valence-corrected chi connectivity index (χ2v) is 5.67. The first kappa shape index (κ1) is 14.1. The van der Waals surface area contributed by atoms with E-state index in [0.29, 0.717) is 11.8 Å². The van der Waals surface area contributed by atoms with Crippen LogP contribution in [0, 0.1) is 6.92 Å². The molecule has 0 aliphatic heterocycles. The van der Waals surface area contributed by atoms with E-state index >= 15 is 0 Å². The largest absolute Gasteiger partial charge is 0.439 e. The molecule has 1 aromatic heterocycles. The molecule has 0 atom stereocenters. The van der Waals surface area contributed by atoms with Crippen LogP contribution in [0.15, 0.2) is 24.3 Å². The third-order valence-electron chi connectivity index (χ3n) is 3.37. The van der Waals surface area contributed by atoms with Gasteiger partial charge >= 0.3 is 0 Å². The molecule has 1 fully saturated rings. The molecule has 1 aromatic carbocycles. The van der Waals surface area contributed by atoms with Gasteiger partial charge in [0.15, 0.2) is 0 Å². The van der Waals surface area contributed by atoms with Crippen LogP contribution in [0.2, 0.25) is 5.02 Å². The second kappa shape index (κ2) is 5.90. The Kier molecular flexibility index (Phi) is 3.97. The molecule has 0 unspecified atom stereocenters. The number of nitrogens with one attached hydrogen (secondary N) is 1. The fraction of sp³-hybridized carbons (Fsp3) is 0.375. The third-order valence-corrected chi connectivity index (χ3v) is 3.80. The summed E-state index contributed by atoms with van der Waals surface area (Å²) in [6.07, 6.45) is 2.32. The van der Waals surface area contributed by atoms with Crippen LogP contribution in [0.25, 0.3) is 0 Å². The maximum Gasteiger partial charge on any atom is 0.224 e. The van der Waals surface area contributed by atoms with Crippen molar-refractivity contribution in [2.75, 3.05) is 11.9 Å². The average Bonchev–Trinajstić information content (AvgIpc) is 3.28. The van der Waals surface area contributed by atoms with Crippen LogP contribution in [0.4, 0.5) is 5.82 Å². The summed E-state index contributed by atoms with van der Waals surface area (Å²) in [5.41, 5.74) is 0.984. The summed E-state index contributed by atoms with van der Waals surface area (Å²) >= 11 is 6.03. The first-order valence-electron chi connectivity index (χ1n) is 7.22. The standard InChI is InChI=1S/C16H18ClN3O/c1-3-18-14-9-15(20-16(19-14)11-4-5-11)21-12-6-7-13(17)10(2)8-12/h6-9,11H,3-5H2,1-2H3,(H,18,19,20). The summed E-state index contributed by atoms with van der Waals surface area (Å²) in [4.78, 5) is 9.05. The number of benzene rings is 1. The first-order valence-corrected chi connectivity index (χ1v) is 7.60. The highest BCUT2D eigenvalue weighted by atomic mass is 35.5. The maximum atomic E-state index is 6.03. The molecular weight excluding hydrogens is 286 g/mol. The van der Waals surface area contributed by atoms with Crippen molar-refractivity contribution in [1.29, 1.82) is 0 Å². The van der Waals surface area contributed by atoms with Gasteiger partial charge < -0.3 is 10.1 Å². The molecule has 5 heteroatoms. The van der Waals surface area contributed by atoms with Crippen LogP contribution in [-0.2, 0) is 0 Å². The van der Waals surface area contributed by atoms with Crippen LogP contribution >= 0.6 is 11.6 Å². The zero-order valence-electron chi connectivity index (χ0n) is 12.2. The Morgan fingerprint density at radius 1 is 1.29 bits per heavy atom. The van der Waals surface area contributed by atoms with Gasteiger partial charge in [0.2, 0.25) is 5.88 Å². The Labute approximate surface area is 129 Å². The van der Waals surface area contributed by atoms with Gasteiger partial charge in [-0.05, 0) is 50.5 Å². The molecule has 1 heterocycles. The molecular formula is C16H18ClN3O. The molecule has 1 aliphatic carbocycles. The Balaban J connectivity index is 1.87. The molecule has 0 radical (unpaired) electrons. The topological polar surface area (TPSA) is 47.0 Å². The molecule has 21 heavy (non-hydrogen) atoms. The minimum absolute atomic E-state index is 0.484. The van der Waals surface area contributed by atoms with Crippen LogP contribution in [0.5, 0.6) is 11.6 Å². The van der Waals surface area contributed by atoms with E-state index in [1.54, 1.807) is 0 Å². The van der Waals surface area contributed by atoms with Crippen LogP contribution < -0.4 is 10.1 Å². The fourth-order valence-electron chi connectivity index (χ4n) is 2.09. The molecule has 3 rings (SSSR count). The van der Waals surface area contributed by atoms with Crippen LogP contribution in [-0.4, -0.2) is 16.5 Å². The van der Waals surface area contributed by atoms with Gasteiger partial charge in [0.05, 0.1) is 0 Å². The number of nitrogens with zero attached hydrogens (tertiary/aromatic N) is 2. The molecule has 0 spiro atoms. The highest BCUT2D eigenvalue weighted by Gasteiger charge is 2.27. The summed E-state index contributed by atoms with van der Waals surface area (Å²) in [7, 11) is 0. The van der Waals surface area contributed by atoms with Crippen molar-refractivity contribution in [3.63, 3.8) is 0 Å². The number of rotatable bonds is 5. The lowest BCUT2D eigenvalue weighted by Gasteiger charge is -2.10. The van der Waals surface area contributed by atoms with Crippen molar-refractivity contribution in [2.24, 2.45) is 0 Å². The summed E-state index contributed by atoms with van der Waals surface area (Å²) in [6, 6.07) is 7.43. The van der Waals surface area contributed by atoms with Gasteiger partial charge in [-0.15, -0.1) is 0 Å². The molecule has 0 saturated heterocycles. The summed E-state index contributed by atoms with van der Waals surface area (Å²) < 4.78 is 5.87. The monoisotopic (exact) mass is 303 g/mol. The second-order valence-electron chi connectivity index (χ2n) is 5.27. The maximum absolute atomic E-state index is 6.03. The fourth-order valence-corrected chi connectivity index (χ4v) is 2.21. The van der Waals surface area contributed by atoms with E-state index in [9.17, 15) is 0 Å². The minimum Gasteiger partial charge on any atom is -0.439 e. The van der Waals surface area contributed by atoms with Crippen molar-refractivity contribution in [3.8, 4) is 11.6 Å². The lowest BCUT2D eigenvalue weighted by molar-refractivity contribution is 0.458. The van der Waals surface area contributed by atoms with Crippen molar-refractivity contribution in [3.05, 3.63) is 40.7 Å². The molecule has 0 bridgehead atoms. The number of aromatic nitrogens is 2. The number of aryl methyl sites for hydroxylation is 1. The highest BCUT2D eigenvalue weighted by molar-refractivity contribution is 6.31. The third kappa shape index (κ3) is 3.45. The number of ether oxygens (including phenoxy) is 1. The van der Waals surface area contributed by atoms with E-state index < -0.39 is 0 Å². The van der Waals surface area contributed by atoms with E-state index in [4.69, 9.17) is 16.3 Å². The lowest BCUT2D eigenvalue weighted by Crippen LogP contribution is -2.04. The average molecular weight is 304 g/mol. The Bertz CT molecular complexity index is 656. The predicted octanol–water partition coefficient (Wildman–Crippen LogP) is 4.54. The zero-order chi connectivity index (χ0) is 14.8. The minimum atomic E-state index is 0.484. The van der Waals surface area contributed by atoms with E-state index in [0.717, 1.165) is 47.4 Å². The van der Waals surface area contributed by atoms with Gasteiger partial charge in [-0.25, -0.2) is 4.98 Å². The predicted molar refractivity (Wildman–Crippen MR) is 84.4 cm³/mol. The quantitative estimate of drug-likeness (QED) is 0.881. The van der Waals surface area contributed by atoms with Gasteiger partial charge in [-0.3, -0.25) is 0 Å². The molecule has 2 aromatic rings. The van der Waals surface area contributed by atoms with Crippen molar-refractivity contribution < 1.29 is 4.74 Å². The van der Waals surface area contributed by atoms with Gasteiger partial charge in [-0.1, -0.05) is 11.6 Å². The van der Waals surface area contributed by atoms with Crippen molar-refractivity contribution >= 4 is 17.4 Å². The molecule has 1 saturated carbocycles. The SMILES string of the molecule is CCNc1cc(Oc2ccc(Cl)c(C)c2)nc(C2CC2)n1. The number of anilines is 1. The number of hydrogen-bond acceptors (Lipinski definition) is 4. The summed E-state index contributed by atoms with van der Waals surface area (Å²) in [6.45, 7) is 4.82. The molecule has 1 N–H and O–H groups in total. The van der Waals surface area contributed by atoms with Gasteiger partial charge in [-0.2, -0.15) is 4.98 Å². The highest BCUT2D eigenvalue weighted by Crippen LogP contribution is 2.39. The molecule has 110 valence electrons. The van der Waals surface area contributed by atoms with E-state index in [1.165, 1.54) is 0 Å². The molecule has 0 amide bonds. The van der Waals surface area contributed by atoms with E-state index in [2.05, 4.69) is 15.3 Å². The van der Waals surface area contributed by atoms with Crippen molar-refractivity contribution in [1.82, 2.24) is 9.97 Å². The van der Waals surface area contributed by atoms with E-state index in [1.807, 2.05) is 38.1 Å². The van der Waals surface area contributed by atoms with Crippen molar-refractivity contribution in [2.45, 2.75) is 32.6 Å². The lowest BCUT2D eigenvalue weighted by atomic mass is 10.2. The normalized spacial score (nSPS) is 14.0. The van der Waals surface area contributed by atoms with E-state index in [-0.39, 0.29) is 0 Å². The van der Waals surface area contributed by atoms with Crippen LogP contribution in [0.1, 0.15) is 37.1 Å². The smallest absolute Gasteiger partial charge is 0.224 e. The summed E-state index contributed by atoms with van der Waals surface area (Å²) in [5.74, 6) is 3.48. The Hall–Kier alpha value is -1.81. The van der Waals surface area contributed by atoms with Gasteiger partial charge in [0.25, 0.3) is 0 Å². The number of hydrogen-bond donors (Lipinski definition) is 1. The summed E-state index contributed by atoms with van der Waals surface area (Å²) in [5, 5.41) is 3.96. The number of halogens is 1. The van der Waals surface area contributed by atoms with Gasteiger partial charge in [0.1, 0.15) is 17.4 Å². The molecule has 1 aliphatic rings. The first-order chi connectivity index (χ1) is 10.2.